The van der Waals surface area contributed by atoms with E-state index in [1.165, 1.54) is 16.8 Å². The van der Waals surface area contributed by atoms with Gasteiger partial charge >= 0.3 is 11.8 Å². The molecule has 3 aromatic rings. The summed E-state index contributed by atoms with van der Waals surface area (Å²) in [5, 5.41) is 11.2. The maximum absolute atomic E-state index is 14.3. The molecule has 0 bridgehead atoms. The molecule has 1 aromatic carbocycles. The fourth-order valence-electron chi connectivity index (χ4n) is 3.44. The zero-order chi connectivity index (χ0) is 20.9. The topological polar surface area (TPSA) is 92.1 Å². The summed E-state index contributed by atoms with van der Waals surface area (Å²) in [5.74, 6) is -2.32. The number of carbonyl (C=O) groups excluding carboxylic acids is 2. The van der Waals surface area contributed by atoms with Gasteiger partial charge in [0.25, 0.3) is 0 Å². The smallest absolute Gasteiger partial charge is 0.313 e. The molecule has 0 aliphatic carbocycles. The van der Waals surface area contributed by atoms with E-state index in [-0.39, 0.29) is 11.7 Å². The number of hydrogen-bond acceptors (Lipinski definition) is 6. The second-order valence-corrected chi connectivity index (χ2v) is 7.76. The first-order valence-electron chi connectivity index (χ1n) is 9.60. The molecule has 0 atom stereocenters. The highest BCUT2D eigenvalue weighted by atomic mass is 32.1. The highest BCUT2D eigenvalue weighted by Crippen LogP contribution is 2.23. The summed E-state index contributed by atoms with van der Waals surface area (Å²) in [4.78, 5) is 31.3. The number of carbonyl (C=O) groups is 2. The first-order chi connectivity index (χ1) is 14.6. The van der Waals surface area contributed by atoms with E-state index in [4.69, 9.17) is 0 Å². The molecule has 3 heterocycles. The number of aromatic nitrogens is 3. The van der Waals surface area contributed by atoms with Crippen LogP contribution in [0.4, 0.5) is 10.1 Å². The van der Waals surface area contributed by atoms with Crippen LogP contribution < -0.4 is 10.6 Å². The van der Waals surface area contributed by atoms with Crippen LogP contribution in [0.2, 0.25) is 0 Å². The van der Waals surface area contributed by atoms with Gasteiger partial charge in [0.1, 0.15) is 11.5 Å². The highest BCUT2D eigenvalue weighted by molar-refractivity contribution is 7.07. The molecule has 4 rings (SSSR count). The summed E-state index contributed by atoms with van der Waals surface area (Å²) in [7, 11) is 0. The van der Waals surface area contributed by atoms with Gasteiger partial charge in [-0.1, -0.05) is 6.07 Å². The Labute approximate surface area is 176 Å². The lowest BCUT2D eigenvalue weighted by molar-refractivity contribution is -0.136. The minimum Gasteiger partial charge on any atom is -0.345 e. The number of piperidine rings is 1. The molecule has 10 heteroatoms. The second-order valence-electron chi connectivity index (χ2n) is 7.04. The highest BCUT2D eigenvalue weighted by Gasteiger charge is 2.25. The van der Waals surface area contributed by atoms with E-state index >= 15 is 0 Å². The van der Waals surface area contributed by atoms with Crippen LogP contribution in [0, 0.1) is 5.82 Å². The van der Waals surface area contributed by atoms with Gasteiger partial charge in [-0.2, -0.15) is 5.10 Å². The van der Waals surface area contributed by atoms with E-state index in [2.05, 4.69) is 25.6 Å². The number of benzene rings is 1. The third-order valence-corrected chi connectivity index (χ3v) is 5.61. The molecule has 0 radical (unpaired) electrons. The van der Waals surface area contributed by atoms with Gasteiger partial charge in [-0.15, -0.1) is 11.3 Å². The number of amides is 2. The maximum atomic E-state index is 14.3. The summed E-state index contributed by atoms with van der Waals surface area (Å²) >= 11 is 1.57. The van der Waals surface area contributed by atoms with Crippen LogP contribution in [0.15, 0.2) is 47.5 Å². The average Bonchev–Trinajstić information content (AvgIpc) is 3.45. The third kappa shape index (κ3) is 4.71. The number of hydrogen-bond donors (Lipinski definition) is 2. The van der Waals surface area contributed by atoms with Crippen LogP contribution in [-0.2, 0) is 16.1 Å². The quantitative estimate of drug-likeness (QED) is 0.608. The van der Waals surface area contributed by atoms with E-state index in [9.17, 15) is 14.0 Å². The fraction of sp³-hybridized carbons (Fsp3) is 0.300. The second kappa shape index (κ2) is 9.14. The molecule has 156 valence electrons. The van der Waals surface area contributed by atoms with Crippen LogP contribution in [0.3, 0.4) is 0 Å². The predicted octanol–water partition coefficient (Wildman–Crippen LogP) is 2.19. The molecule has 30 heavy (non-hydrogen) atoms. The normalized spacial score (nSPS) is 15.1. The summed E-state index contributed by atoms with van der Waals surface area (Å²) in [6.45, 7) is 2.40. The molecule has 2 aromatic heterocycles. The van der Waals surface area contributed by atoms with Crippen molar-refractivity contribution in [3.05, 3.63) is 59.1 Å². The van der Waals surface area contributed by atoms with Gasteiger partial charge in [-0.25, -0.2) is 14.1 Å². The van der Waals surface area contributed by atoms with Crippen LogP contribution in [0.5, 0.6) is 0 Å². The van der Waals surface area contributed by atoms with E-state index in [0.717, 1.165) is 38.2 Å². The Kier molecular flexibility index (Phi) is 6.15. The van der Waals surface area contributed by atoms with Crippen molar-refractivity contribution in [2.24, 2.45) is 0 Å². The van der Waals surface area contributed by atoms with Crippen molar-refractivity contribution in [3.8, 4) is 5.69 Å². The Morgan fingerprint density at radius 1 is 1.20 bits per heavy atom. The zero-order valence-corrected chi connectivity index (χ0v) is 16.9. The van der Waals surface area contributed by atoms with Gasteiger partial charge in [-0.3, -0.25) is 14.5 Å². The van der Waals surface area contributed by atoms with E-state index < -0.39 is 17.6 Å². The molecule has 0 spiro atoms. The molecule has 1 aliphatic rings. The van der Waals surface area contributed by atoms with E-state index in [1.807, 2.05) is 10.9 Å². The van der Waals surface area contributed by atoms with Gasteiger partial charge in [0.15, 0.2) is 0 Å². The molecule has 1 saturated heterocycles. The summed E-state index contributed by atoms with van der Waals surface area (Å²) in [5.41, 5.74) is 3.12. The lowest BCUT2D eigenvalue weighted by Gasteiger charge is -2.31. The molecule has 8 nitrogen and oxygen atoms in total. The SMILES string of the molecule is O=C(Nc1c(F)cccc1-n1cccn1)C(=O)NC1CCN(Cc2cscn2)CC1. The van der Waals surface area contributed by atoms with Crippen molar-refractivity contribution in [2.75, 3.05) is 18.4 Å². The summed E-state index contributed by atoms with van der Waals surface area (Å²) in [6, 6.07) is 5.94. The van der Waals surface area contributed by atoms with Crippen LogP contribution in [-0.4, -0.2) is 50.6 Å². The number of rotatable bonds is 5. The van der Waals surface area contributed by atoms with Crippen molar-refractivity contribution >= 4 is 28.8 Å². The lowest BCUT2D eigenvalue weighted by Crippen LogP contribution is -2.47. The van der Waals surface area contributed by atoms with Gasteiger partial charge in [0, 0.05) is 43.4 Å². The Bertz CT molecular complexity index is 1000. The van der Waals surface area contributed by atoms with Gasteiger partial charge in [0.05, 0.1) is 16.9 Å². The zero-order valence-electron chi connectivity index (χ0n) is 16.1. The van der Waals surface area contributed by atoms with Crippen LogP contribution in [0.1, 0.15) is 18.5 Å². The number of likely N-dealkylation sites (tertiary alicyclic amines) is 1. The number of nitrogens with zero attached hydrogens (tertiary/aromatic N) is 4. The Balaban J connectivity index is 1.33. The van der Waals surface area contributed by atoms with Crippen molar-refractivity contribution in [3.63, 3.8) is 0 Å². The largest absolute Gasteiger partial charge is 0.345 e. The van der Waals surface area contributed by atoms with Crippen molar-refractivity contribution < 1.29 is 14.0 Å². The molecule has 0 saturated carbocycles. The molecule has 2 N–H and O–H groups in total. The van der Waals surface area contributed by atoms with E-state index in [1.54, 1.807) is 35.9 Å². The molecule has 1 aliphatic heterocycles. The van der Waals surface area contributed by atoms with Crippen LogP contribution >= 0.6 is 11.3 Å². The van der Waals surface area contributed by atoms with E-state index in [0.29, 0.717) is 5.69 Å². The molecular weight excluding hydrogens is 407 g/mol. The first-order valence-corrected chi connectivity index (χ1v) is 10.5. The van der Waals surface area contributed by atoms with Crippen molar-refractivity contribution in [1.29, 1.82) is 0 Å². The van der Waals surface area contributed by atoms with Crippen molar-refractivity contribution in [1.82, 2.24) is 25.0 Å². The monoisotopic (exact) mass is 428 g/mol. The molecule has 1 fully saturated rings. The minimum absolute atomic E-state index is 0.0839. The fourth-order valence-corrected chi connectivity index (χ4v) is 3.99. The number of nitrogens with one attached hydrogen (secondary N) is 2. The van der Waals surface area contributed by atoms with Crippen molar-refractivity contribution in [2.45, 2.75) is 25.4 Å². The summed E-state index contributed by atoms with van der Waals surface area (Å²) < 4.78 is 15.8. The first kappa shape index (κ1) is 20.2. The van der Waals surface area contributed by atoms with Crippen LogP contribution in [0.25, 0.3) is 5.69 Å². The Hall–Kier alpha value is -3.11. The maximum Gasteiger partial charge on any atom is 0.313 e. The summed E-state index contributed by atoms with van der Waals surface area (Å²) in [6.07, 6.45) is 4.65. The number of anilines is 1. The Morgan fingerprint density at radius 3 is 2.73 bits per heavy atom. The standard InChI is InChI=1S/C20H21FN6O2S/c21-16-3-1-4-17(27-8-2-7-23-27)18(16)25-20(29)19(28)24-14-5-9-26(10-6-14)11-15-12-30-13-22-15/h1-4,7-8,12-14H,5-6,9-11H2,(H,24,28)(H,25,29). The minimum atomic E-state index is -0.904. The number of para-hydroxylation sites is 1. The average molecular weight is 428 g/mol. The van der Waals surface area contributed by atoms with Gasteiger partial charge in [0.2, 0.25) is 0 Å². The van der Waals surface area contributed by atoms with Gasteiger partial charge < -0.3 is 10.6 Å². The Morgan fingerprint density at radius 2 is 2.03 bits per heavy atom. The molecular formula is C20H21FN6O2S. The number of halogens is 1. The lowest BCUT2D eigenvalue weighted by atomic mass is 10.0. The third-order valence-electron chi connectivity index (χ3n) is 4.98. The molecule has 2 amide bonds. The van der Waals surface area contributed by atoms with Gasteiger partial charge in [-0.05, 0) is 31.0 Å². The molecule has 0 unspecified atom stereocenters. The number of thiazole rings is 1. The predicted molar refractivity (Wildman–Crippen MR) is 111 cm³/mol.